The van der Waals surface area contributed by atoms with Crippen molar-refractivity contribution in [2.75, 3.05) is 18.5 Å². The lowest BCUT2D eigenvalue weighted by molar-refractivity contribution is 0.213. The molecular formula is C12H22N4O2. The Kier molecular flexibility index (Phi) is 6.18. The molecule has 0 atom stereocenters. The molecule has 0 bridgehead atoms. The van der Waals surface area contributed by atoms with Crippen LogP contribution in [0, 0.1) is 0 Å². The molecule has 1 aromatic rings. The summed E-state index contributed by atoms with van der Waals surface area (Å²) in [6.07, 6.45) is 1.92. The topological polar surface area (TPSA) is 69.2 Å². The third-order valence-corrected chi connectivity index (χ3v) is 1.90. The lowest BCUT2D eigenvalue weighted by Gasteiger charge is -2.11. The summed E-state index contributed by atoms with van der Waals surface area (Å²) in [4.78, 5) is 12.5. The molecule has 6 nitrogen and oxygen atoms in total. The molecule has 1 rings (SSSR count). The fraction of sp³-hybridized carbons (Fsp3) is 0.750. The van der Waals surface area contributed by atoms with E-state index in [0.29, 0.717) is 24.6 Å². The van der Waals surface area contributed by atoms with Crippen LogP contribution in [0.15, 0.2) is 0 Å². The Hall–Kier alpha value is -1.59. The van der Waals surface area contributed by atoms with E-state index in [1.54, 1.807) is 0 Å². The van der Waals surface area contributed by atoms with Crippen LogP contribution in [0.4, 0.5) is 5.95 Å². The van der Waals surface area contributed by atoms with Crippen molar-refractivity contribution in [3.63, 3.8) is 0 Å². The molecule has 6 heteroatoms. The zero-order valence-electron chi connectivity index (χ0n) is 11.6. The van der Waals surface area contributed by atoms with Gasteiger partial charge in [0.25, 0.3) is 0 Å². The highest BCUT2D eigenvalue weighted by atomic mass is 16.5. The molecule has 1 N–H and O–H groups in total. The predicted molar refractivity (Wildman–Crippen MR) is 70.2 cm³/mol. The van der Waals surface area contributed by atoms with Crippen LogP contribution in [0.2, 0.25) is 0 Å². The Balaban J connectivity index is 2.81. The molecule has 0 aliphatic heterocycles. The maximum Gasteiger partial charge on any atom is 0.324 e. The number of ether oxygens (including phenoxy) is 2. The molecule has 0 saturated heterocycles. The zero-order chi connectivity index (χ0) is 13.4. The normalized spacial score (nSPS) is 10.5. The first-order chi connectivity index (χ1) is 8.65. The first-order valence-corrected chi connectivity index (χ1v) is 6.45. The van der Waals surface area contributed by atoms with Crippen LogP contribution in [-0.4, -0.2) is 34.2 Å². The Morgan fingerprint density at radius 1 is 1.06 bits per heavy atom. The number of aromatic nitrogens is 3. The van der Waals surface area contributed by atoms with E-state index in [-0.39, 0.29) is 6.10 Å². The lowest BCUT2D eigenvalue weighted by Crippen LogP contribution is -2.13. The fourth-order valence-corrected chi connectivity index (χ4v) is 1.18. The van der Waals surface area contributed by atoms with E-state index >= 15 is 0 Å². The van der Waals surface area contributed by atoms with Gasteiger partial charge >= 0.3 is 12.0 Å². The van der Waals surface area contributed by atoms with Gasteiger partial charge in [-0.2, -0.15) is 9.97 Å². The average molecular weight is 254 g/mol. The SMILES string of the molecule is CCCNc1nc(OCCC)nc(OC(C)C)n1. The molecule has 0 unspecified atom stereocenters. The lowest BCUT2D eigenvalue weighted by atomic mass is 10.5. The zero-order valence-corrected chi connectivity index (χ0v) is 11.6. The third-order valence-electron chi connectivity index (χ3n) is 1.90. The number of nitrogens with zero attached hydrogens (tertiary/aromatic N) is 3. The van der Waals surface area contributed by atoms with Crippen molar-refractivity contribution < 1.29 is 9.47 Å². The summed E-state index contributed by atoms with van der Waals surface area (Å²) in [6, 6.07) is 0.603. The van der Waals surface area contributed by atoms with Gasteiger partial charge in [-0.15, -0.1) is 4.98 Å². The van der Waals surface area contributed by atoms with Gasteiger partial charge in [0.1, 0.15) is 0 Å². The second-order valence-electron chi connectivity index (χ2n) is 4.17. The maximum atomic E-state index is 5.47. The number of hydrogen-bond acceptors (Lipinski definition) is 6. The van der Waals surface area contributed by atoms with E-state index in [1.165, 1.54) is 0 Å². The summed E-state index contributed by atoms with van der Waals surface area (Å²) >= 11 is 0. The van der Waals surface area contributed by atoms with Crippen molar-refractivity contribution in [1.82, 2.24) is 15.0 Å². The number of hydrogen-bond donors (Lipinski definition) is 1. The fourth-order valence-electron chi connectivity index (χ4n) is 1.18. The minimum absolute atomic E-state index is 0.0189. The third kappa shape index (κ3) is 5.16. The van der Waals surface area contributed by atoms with E-state index < -0.39 is 0 Å². The van der Waals surface area contributed by atoms with Gasteiger partial charge in [-0.1, -0.05) is 13.8 Å². The molecule has 0 aromatic carbocycles. The van der Waals surface area contributed by atoms with Crippen molar-refractivity contribution in [3.8, 4) is 12.0 Å². The smallest absolute Gasteiger partial charge is 0.324 e. The molecule has 0 aliphatic rings. The summed E-state index contributed by atoms with van der Waals surface area (Å²) in [5, 5.41) is 3.10. The predicted octanol–water partition coefficient (Wildman–Crippen LogP) is 2.27. The first kappa shape index (κ1) is 14.5. The molecule has 0 amide bonds. The van der Waals surface area contributed by atoms with Gasteiger partial charge in [0.2, 0.25) is 5.95 Å². The Bertz CT molecular complexity index is 332. The second kappa shape index (κ2) is 7.68. The van der Waals surface area contributed by atoms with Gasteiger partial charge in [-0.05, 0) is 26.7 Å². The van der Waals surface area contributed by atoms with Gasteiger partial charge in [-0.25, -0.2) is 0 Å². The average Bonchev–Trinajstić information content (AvgIpc) is 2.33. The van der Waals surface area contributed by atoms with Crippen molar-refractivity contribution in [2.45, 2.75) is 46.6 Å². The van der Waals surface area contributed by atoms with E-state index in [9.17, 15) is 0 Å². The number of rotatable bonds is 8. The number of anilines is 1. The highest BCUT2D eigenvalue weighted by Gasteiger charge is 2.09. The highest BCUT2D eigenvalue weighted by molar-refractivity contribution is 5.27. The molecule has 1 aromatic heterocycles. The van der Waals surface area contributed by atoms with Crippen molar-refractivity contribution >= 4 is 5.95 Å². The van der Waals surface area contributed by atoms with Crippen molar-refractivity contribution in [1.29, 1.82) is 0 Å². The van der Waals surface area contributed by atoms with E-state index in [1.807, 2.05) is 20.8 Å². The van der Waals surface area contributed by atoms with E-state index in [2.05, 4.69) is 27.2 Å². The van der Waals surface area contributed by atoms with Gasteiger partial charge in [0.15, 0.2) is 0 Å². The van der Waals surface area contributed by atoms with E-state index in [0.717, 1.165) is 19.4 Å². The van der Waals surface area contributed by atoms with Gasteiger partial charge in [0, 0.05) is 6.54 Å². The Labute approximate surface area is 108 Å². The van der Waals surface area contributed by atoms with Crippen LogP contribution in [0.3, 0.4) is 0 Å². The molecular weight excluding hydrogens is 232 g/mol. The highest BCUT2D eigenvalue weighted by Crippen LogP contribution is 2.14. The van der Waals surface area contributed by atoms with Crippen molar-refractivity contribution in [3.05, 3.63) is 0 Å². The molecule has 0 saturated carbocycles. The van der Waals surface area contributed by atoms with Crippen LogP contribution in [0.1, 0.15) is 40.5 Å². The Morgan fingerprint density at radius 2 is 1.78 bits per heavy atom. The van der Waals surface area contributed by atoms with Crippen LogP contribution in [-0.2, 0) is 0 Å². The standard InChI is InChI=1S/C12H22N4O2/c1-5-7-13-10-14-11(17-8-6-2)16-12(15-10)18-9(3)4/h9H,5-8H2,1-4H3,(H,13,14,15,16). The molecule has 0 spiro atoms. The molecule has 0 aliphatic carbocycles. The van der Waals surface area contributed by atoms with Crippen LogP contribution >= 0.6 is 0 Å². The number of nitrogens with one attached hydrogen (secondary N) is 1. The van der Waals surface area contributed by atoms with Gasteiger partial charge in [0.05, 0.1) is 12.7 Å². The van der Waals surface area contributed by atoms with Crippen LogP contribution in [0.5, 0.6) is 12.0 Å². The van der Waals surface area contributed by atoms with Crippen molar-refractivity contribution in [2.24, 2.45) is 0 Å². The molecule has 0 radical (unpaired) electrons. The molecule has 0 fully saturated rings. The second-order valence-corrected chi connectivity index (χ2v) is 4.17. The summed E-state index contributed by atoms with van der Waals surface area (Å²) < 4.78 is 10.9. The quantitative estimate of drug-likeness (QED) is 0.767. The van der Waals surface area contributed by atoms with Gasteiger partial charge < -0.3 is 14.8 Å². The minimum atomic E-state index is 0.0189. The monoisotopic (exact) mass is 254 g/mol. The molecule has 102 valence electrons. The largest absolute Gasteiger partial charge is 0.463 e. The minimum Gasteiger partial charge on any atom is -0.463 e. The van der Waals surface area contributed by atoms with Gasteiger partial charge in [-0.3, -0.25) is 0 Å². The van der Waals surface area contributed by atoms with Crippen LogP contribution in [0.25, 0.3) is 0 Å². The summed E-state index contributed by atoms with van der Waals surface area (Å²) in [5.74, 6) is 0.494. The van der Waals surface area contributed by atoms with Crippen LogP contribution < -0.4 is 14.8 Å². The van der Waals surface area contributed by atoms with E-state index in [4.69, 9.17) is 9.47 Å². The molecule has 1 heterocycles. The summed E-state index contributed by atoms with van der Waals surface area (Å²) in [6.45, 7) is 9.35. The maximum absolute atomic E-state index is 5.47. The Morgan fingerprint density at radius 3 is 2.39 bits per heavy atom. The summed E-state index contributed by atoms with van der Waals surface area (Å²) in [5.41, 5.74) is 0. The molecule has 18 heavy (non-hydrogen) atoms. The first-order valence-electron chi connectivity index (χ1n) is 6.45. The summed E-state index contributed by atoms with van der Waals surface area (Å²) in [7, 11) is 0.